The predicted octanol–water partition coefficient (Wildman–Crippen LogP) is 3.24. The van der Waals surface area contributed by atoms with Crippen molar-refractivity contribution in [1.82, 2.24) is 20.0 Å². The Morgan fingerprint density at radius 3 is 2.92 bits per heavy atom. The van der Waals surface area contributed by atoms with Crippen LogP contribution in [0.3, 0.4) is 0 Å². The van der Waals surface area contributed by atoms with Crippen LogP contribution >= 0.6 is 11.3 Å². The van der Waals surface area contributed by atoms with Gasteiger partial charge in [-0.2, -0.15) is 16.4 Å². The van der Waals surface area contributed by atoms with Crippen molar-refractivity contribution >= 4 is 17.2 Å². The molecule has 2 aromatic heterocycles. The van der Waals surface area contributed by atoms with E-state index in [0.29, 0.717) is 11.7 Å². The van der Waals surface area contributed by atoms with Crippen LogP contribution in [0.5, 0.6) is 0 Å². The summed E-state index contributed by atoms with van der Waals surface area (Å²) in [5.41, 5.74) is 4.53. The number of rotatable bonds is 5. The minimum Gasteiger partial charge on any atom is -0.337 e. The topological polar surface area (TPSA) is 50.2 Å². The van der Waals surface area contributed by atoms with Gasteiger partial charge in [0, 0.05) is 43.5 Å². The van der Waals surface area contributed by atoms with Gasteiger partial charge in [-0.25, -0.2) is 0 Å². The number of thiophene rings is 1. The van der Waals surface area contributed by atoms with Crippen LogP contribution in [0.25, 0.3) is 0 Å². The number of nitrogens with one attached hydrogen (secondary N) is 1. The van der Waals surface area contributed by atoms with E-state index in [-0.39, 0.29) is 5.91 Å². The molecule has 6 heteroatoms. The summed E-state index contributed by atoms with van der Waals surface area (Å²) in [6.07, 6.45) is 6.50. The number of aryl methyl sites for hydroxylation is 1. The van der Waals surface area contributed by atoms with Gasteiger partial charge in [0.2, 0.25) is 0 Å². The van der Waals surface area contributed by atoms with E-state index in [1.54, 1.807) is 11.3 Å². The summed E-state index contributed by atoms with van der Waals surface area (Å²) in [5.74, 6) is 0.145. The third-order valence-electron chi connectivity index (χ3n) is 5.67. The zero-order chi connectivity index (χ0) is 17.9. The summed E-state index contributed by atoms with van der Waals surface area (Å²) < 4.78 is 2.06. The van der Waals surface area contributed by atoms with Gasteiger partial charge < -0.3 is 10.2 Å². The zero-order valence-corrected chi connectivity index (χ0v) is 16.4. The van der Waals surface area contributed by atoms with Gasteiger partial charge in [0.25, 0.3) is 5.91 Å². The van der Waals surface area contributed by atoms with E-state index in [0.717, 1.165) is 58.3 Å². The van der Waals surface area contributed by atoms with Gasteiger partial charge in [0.15, 0.2) is 5.69 Å². The van der Waals surface area contributed by atoms with E-state index in [1.165, 1.54) is 23.2 Å². The Balaban J connectivity index is 1.51. The van der Waals surface area contributed by atoms with Crippen molar-refractivity contribution in [3.63, 3.8) is 0 Å². The van der Waals surface area contributed by atoms with Crippen molar-refractivity contribution in [2.45, 2.75) is 64.6 Å². The number of piperidine rings is 1. The second-order valence-corrected chi connectivity index (χ2v) is 8.17. The van der Waals surface area contributed by atoms with Crippen molar-refractivity contribution < 1.29 is 4.79 Å². The Bertz CT molecular complexity index is 746. The minimum atomic E-state index is 0.145. The summed E-state index contributed by atoms with van der Waals surface area (Å²) in [7, 11) is 0. The molecule has 1 saturated heterocycles. The third-order valence-corrected chi connectivity index (χ3v) is 6.40. The van der Waals surface area contributed by atoms with E-state index in [1.807, 2.05) is 4.90 Å². The molecule has 1 N–H and O–H groups in total. The maximum atomic E-state index is 13.1. The fourth-order valence-electron chi connectivity index (χ4n) is 4.20. The molecule has 1 aliphatic carbocycles. The number of carbonyl (C=O) groups excluding carboxylic acids is 1. The summed E-state index contributed by atoms with van der Waals surface area (Å²) in [6, 6.07) is 2.59. The van der Waals surface area contributed by atoms with Crippen LogP contribution in [0.1, 0.15) is 59.9 Å². The van der Waals surface area contributed by atoms with Gasteiger partial charge in [-0.05, 0) is 67.8 Å². The molecule has 1 unspecified atom stereocenters. The molecule has 5 nitrogen and oxygen atoms in total. The predicted molar refractivity (Wildman–Crippen MR) is 105 cm³/mol. The number of carbonyl (C=O) groups is 1. The van der Waals surface area contributed by atoms with Crippen molar-refractivity contribution in [3.05, 3.63) is 39.3 Å². The van der Waals surface area contributed by atoms with Crippen molar-refractivity contribution in [2.24, 2.45) is 0 Å². The van der Waals surface area contributed by atoms with Crippen LogP contribution in [-0.2, 0) is 25.9 Å². The third kappa shape index (κ3) is 3.58. The fourth-order valence-corrected chi connectivity index (χ4v) is 4.87. The Labute approximate surface area is 159 Å². The van der Waals surface area contributed by atoms with E-state index in [9.17, 15) is 4.79 Å². The quantitative estimate of drug-likeness (QED) is 0.877. The number of hydrogen-bond donors (Lipinski definition) is 1. The molecule has 1 amide bonds. The summed E-state index contributed by atoms with van der Waals surface area (Å²) in [6.45, 7) is 5.62. The Morgan fingerprint density at radius 2 is 2.19 bits per heavy atom. The molecule has 0 radical (unpaired) electrons. The Morgan fingerprint density at radius 1 is 1.35 bits per heavy atom. The standard InChI is InChI=1S/C20H28N4OS/c1-2-24-18-7-6-16(21-13-15-8-11-26-14-15)12-17(18)19(22-24)20(25)23-9-4-3-5-10-23/h8,11,14,16,21H,2-7,9-10,12-13H2,1H3. The maximum Gasteiger partial charge on any atom is 0.274 e. The first-order valence-corrected chi connectivity index (χ1v) is 10.8. The number of fused-ring (bicyclic) bond motifs is 1. The number of aromatic nitrogens is 2. The van der Waals surface area contributed by atoms with Crippen molar-refractivity contribution in [1.29, 1.82) is 0 Å². The molecule has 0 bridgehead atoms. The summed E-state index contributed by atoms with van der Waals surface area (Å²) >= 11 is 1.74. The molecule has 3 heterocycles. The van der Waals surface area contributed by atoms with Crippen LogP contribution in [0.4, 0.5) is 0 Å². The Kier molecular flexibility index (Phi) is 5.41. The number of likely N-dealkylation sites (tertiary alicyclic amines) is 1. The molecule has 1 fully saturated rings. The lowest BCUT2D eigenvalue weighted by Gasteiger charge is -2.27. The van der Waals surface area contributed by atoms with Gasteiger partial charge in [-0.3, -0.25) is 9.48 Å². The molecule has 1 aliphatic heterocycles. The molecule has 0 aromatic carbocycles. The lowest BCUT2D eigenvalue weighted by Crippen LogP contribution is -2.38. The average Bonchev–Trinajstić information content (AvgIpc) is 3.34. The second kappa shape index (κ2) is 7.92. The first-order valence-electron chi connectivity index (χ1n) is 9.88. The van der Waals surface area contributed by atoms with Gasteiger partial charge in [-0.1, -0.05) is 0 Å². The van der Waals surface area contributed by atoms with Crippen molar-refractivity contribution in [2.75, 3.05) is 13.1 Å². The van der Waals surface area contributed by atoms with Crippen LogP contribution in [0.15, 0.2) is 16.8 Å². The molecular formula is C20H28N4OS. The molecule has 2 aliphatic rings. The molecule has 1 atom stereocenters. The van der Waals surface area contributed by atoms with Gasteiger partial charge in [-0.15, -0.1) is 0 Å². The summed E-state index contributed by atoms with van der Waals surface area (Å²) in [4.78, 5) is 15.1. The number of amides is 1. The normalized spacial score (nSPS) is 20.2. The highest BCUT2D eigenvalue weighted by molar-refractivity contribution is 7.07. The van der Waals surface area contributed by atoms with Crippen LogP contribution in [-0.4, -0.2) is 39.7 Å². The van der Waals surface area contributed by atoms with E-state index in [2.05, 4.69) is 33.7 Å². The largest absolute Gasteiger partial charge is 0.337 e. The van der Waals surface area contributed by atoms with Crippen molar-refractivity contribution in [3.8, 4) is 0 Å². The monoisotopic (exact) mass is 372 g/mol. The molecule has 26 heavy (non-hydrogen) atoms. The maximum absolute atomic E-state index is 13.1. The highest BCUT2D eigenvalue weighted by Crippen LogP contribution is 2.27. The lowest BCUT2D eigenvalue weighted by molar-refractivity contribution is 0.0716. The van der Waals surface area contributed by atoms with E-state index >= 15 is 0 Å². The molecule has 140 valence electrons. The van der Waals surface area contributed by atoms with E-state index < -0.39 is 0 Å². The van der Waals surface area contributed by atoms with Crippen LogP contribution in [0, 0.1) is 0 Å². The average molecular weight is 373 g/mol. The van der Waals surface area contributed by atoms with Gasteiger partial charge in [0.1, 0.15) is 0 Å². The first-order chi connectivity index (χ1) is 12.8. The van der Waals surface area contributed by atoms with Crippen LogP contribution in [0.2, 0.25) is 0 Å². The van der Waals surface area contributed by atoms with Crippen LogP contribution < -0.4 is 5.32 Å². The molecular weight excluding hydrogens is 344 g/mol. The van der Waals surface area contributed by atoms with E-state index in [4.69, 9.17) is 5.10 Å². The number of nitrogens with zero attached hydrogens (tertiary/aromatic N) is 3. The second-order valence-electron chi connectivity index (χ2n) is 7.39. The highest BCUT2D eigenvalue weighted by Gasteiger charge is 2.31. The first kappa shape index (κ1) is 17.7. The summed E-state index contributed by atoms with van der Waals surface area (Å²) in [5, 5.41) is 12.7. The Hall–Kier alpha value is -1.66. The lowest BCUT2D eigenvalue weighted by atomic mass is 9.90. The zero-order valence-electron chi connectivity index (χ0n) is 15.5. The fraction of sp³-hybridized carbons (Fsp3) is 0.600. The smallest absolute Gasteiger partial charge is 0.274 e. The molecule has 0 spiro atoms. The highest BCUT2D eigenvalue weighted by atomic mass is 32.1. The SMILES string of the molecule is CCn1nc(C(=O)N2CCCCC2)c2c1CCC(NCc1ccsc1)C2. The minimum absolute atomic E-state index is 0.145. The molecule has 4 rings (SSSR count). The molecule has 0 saturated carbocycles. The number of hydrogen-bond acceptors (Lipinski definition) is 4. The molecule has 2 aromatic rings. The van der Waals surface area contributed by atoms with Gasteiger partial charge >= 0.3 is 0 Å². The van der Waals surface area contributed by atoms with Gasteiger partial charge in [0.05, 0.1) is 0 Å².